The van der Waals surface area contributed by atoms with Crippen molar-refractivity contribution in [2.75, 3.05) is 32.1 Å². The zero-order valence-electron chi connectivity index (χ0n) is 11.7. The molecule has 21 heavy (non-hydrogen) atoms. The highest BCUT2D eigenvalue weighted by Gasteiger charge is 2.29. The van der Waals surface area contributed by atoms with Gasteiger partial charge in [0.25, 0.3) is 0 Å². The average molecular weight is 296 g/mol. The summed E-state index contributed by atoms with van der Waals surface area (Å²) in [4.78, 5) is 32.4. The lowest BCUT2D eigenvalue weighted by molar-refractivity contribution is -0.154. The molecule has 1 aromatic heterocycles. The molecule has 2 rings (SSSR count). The number of carbonyl (C=O) groups is 2. The highest BCUT2D eigenvalue weighted by atomic mass is 16.5. The molecule has 1 aromatic rings. The second-order valence-corrected chi connectivity index (χ2v) is 4.45. The number of nitrogens with one attached hydrogen (secondary N) is 1. The number of urea groups is 1. The average Bonchev–Trinajstić information content (AvgIpc) is 2.46. The number of methoxy groups -OCH3 is 1. The first kappa shape index (κ1) is 15.0. The molecule has 2 amide bonds. The van der Waals surface area contributed by atoms with Gasteiger partial charge in [-0.25, -0.2) is 14.6 Å². The number of aliphatic carboxylic acids is 1. The Labute approximate surface area is 120 Å². The van der Waals surface area contributed by atoms with Crippen molar-refractivity contribution in [1.29, 1.82) is 0 Å². The van der Waals surface area contributed by atoms with E-state index in [-0.39, 0.29) is 19.1 Å². The van der Waals surface area contributed by atoms with Gasteiger partial charge in [-0.05, 0) is 6.92 Å². The molecule has 1 fully saturated rings. The normalized spacial score (nSPS) is 18.2. The van der Waals surface area contributed by atoms with Gasteiger partial charge in [0.1, 0.15) is 0 Å². The molecule has 0 bridgehead atoms. The number of hydrogen-bond acceptors (Lipinski definition) is 6. The zero-order chi connectivity index (χ0) is 15.4. The molecule has 0 aromatic carbocycles. The number of carbonyl (C=O) groups excluding carboxylic acids is 1. The Morgan fingerprint density at radius 3 is 2.95 bits per heavy atom. The van der Waals surface area contributed by atoms with Crippen molar-refractivity contribution in [2.24, 2.45) is 0 Å². The molecule has 1 unspecified atom stereocenters. The summed E-state index contributed by atoms with van der Waals surface area (Å²) >= 11 is 0. The van der Waals surface area contributed by atoms with E-state index in [1.807, 2.05) is 0 Å². The van der Waals surface area contributed by atoms with Gasteiger partial charge in [0.05, 0.1) is 20.3 Å². The van der Waals surface area contributed by atoms with Crippen LogP contribution in [0.2, 0.25) is 0 Å². The number of aryl methyl sites for hydroxylation is 1. The molecule has 1 saturated heterocycles. The lowest BCUT2D eigenvalue weighted by Gasteiger charge is -2.30. The second-order valence-electron chi connectivity index (χ2n) is 4.45. The van der Waals surface area contributed by atoms with E-state index < -0.39 is 18.1 Å². The van der Waals surface area contributed by atoms with E-state index in [0.717, 1.165) is 0 Å². The van der Waals surface area contributed by atoms with E-state index in [1.54, 1.807) is 13.0 Å². The van der Waals surface area contributed by atoms with Crippen LogP contribution in [0.1, 0.15) is 5.69 Å². The molecule has 0 aliphatic carbocycles. The number of carboxylic acids is 1. The van der Waals surface area contributed by atoms with E-state index in [2.05, 4.69) is 15.3 Å². The lowest BCUT2D eigenvalue weighted by atomic mass is 10.3. The smallest absolute Gasteiger partial charge is 0.334 e. The molecule has 0 spiro atoms. The molecule has 2 N–H and O–H groups in total. The van der Waals surface area contributed by atoms with Crippen molar-refractivity contribution in [3.05, 3.63) is 11.8 Å². The number of amides is 2. The predicted molar refractivity (Wildman–Crippen MR) is 71.3 cm³/mol. The van der Waals surface area contributed by atoms with Crippen LogP contribution in [0.5, 0.6) is 5.88 Å². The molecule has 1 aliphatic heterocycles. The first-order valence-corrected chi connectivity index (χ1v) is 6.29. The molecular weight excluding hydrogens is 280 g/mol. The van der Waals surface area contributed by atoms with Gasteiger partial charge in [-0.2, -0.15) is 4.98 Å². The number of nitrogens with zero attached hydrogens (tertiary/aromatic N) is 3. The van der Waals surface area contributed by atoms with E-state index >= 15 is 0 Å². The van der Waals surface area contributed by atoms with Crippen LogP contribution in [0, 0.1) is 6.92 Å². The molecular formula is C12H16N4O5. The van der Waals surface area contributed by atoms with Crippen molar-refractivity contribution in [2.45, 2.75) is 13.0 Å². The quantitative estimate of drug-likeness (QED) is 0.813. The number of hydrogen-bond donors (Lipinski definition) is 2. The number of ether oxygens (including phenoxy) is 2. The molecule has 9 nitrogen and oxygen atoms in total. The van der Waals surface area contributed by atoms with Gasteiger partial charge in [-0.15, -0.1) is 0 Å². The number of anilines is 1. The van der Waals surface area contributed by atoms with Crippen LogP contribution in [-0.4, -0.2) is 64.9 Å². The first-order valence-electron chi connectivity index (χ1n) is 6.29. The predicted octanol–water partition coefficient (Wildman–Crippen LogP) is 0.111. The van der Waals surface area contributed by atoms with Crippen molar-refractivity contribution in [3.8, 4) is 5.88 Å². The summed E-state index contributed by atoms with van der Waals surface area (Å²) in [6.45, 7) is 2.19. The maximum absolute atomic E-state index is 12.1. The van der Waals surface area contributed by atoms with E-state index in [1.165, 1.54) is 12.0 Å². The standard InChI is InChI=1S/C12H16N4O5/c1-7-5-9(20-2)14-11(13-7)15-12(19)16-3-4-21-8(6-16)10(17)18/h5,8H,3-4,6H2,1-2H3,(H,17,18)(H,13,14,15,19). The minimum Gasteiger partial charge on any atom is -0.481 e. The SMILES string of the molecule is COc1cc(C)nc(NC(=O)N2CCOC(C(=O)O)C2)n1. The monoisotopic (exact) mass is 296 g/mol. The maximum atomic E-state index is 12.1. The Balaban J connectivity index is 2.04. The van der Waals surface area contributed by atoms with Crippen LogP contribution < -0.4 is 10.1 Å². The Kier molecular flexibility index (Phi) is 4.53. The molecule has 2 heterocycles. The van der Waals surface area contributed by atoms with Crippen molar-refractivity contribution >= 4 is 17.9 Å². The molecule has 0 radical (unpaired) electrons. The van der Waals surface area contributed by atoms with Gasteiger partial charge in [-0.3, -0.25) is 5.32 Å². The van der Waals surface area contributed by atoms with E-state index in [0.29, 0.717) is 18.1 Å². The third kappa shape index (κ3) is 3.78. The molecule has 9 heteroatoms. The first-order chi connectivity index (χ1) is 9.99. The summed E-state index contributed by atoms with van der Waals surface area (Å²) in [6, 6.07) is 1.15. The Morgan fingerprint density at radius 2 is 2.29 bits per heavy atom. The second kappa shape index (κ2) is 6.35. The highest BCUT2D eigenvalue weighted by Crippen LogP contribution is 2.13. The van der Waals surface area contributed by atoms with Crippen molar-refractivity contribution in [3.63, 3.8) is 0 Å². The zero-order valence-corrected chi connectivity index (χ0v) is 11.7. The number of carboxylic acid groups (broad SMARTS) is 1. The topological polar surface area (TPSA) is 114 Å². The van der Waals surface area contributed by atoms with Crippen LogP contribution in [0.15, 0.2) is 6.07 Å². The van der Waals surface area contributed by atoms with E-state index in [4.69, 9.17) is 14.6 Å². The van der Waals surface area contributed by atoms with Crippen LogP contribution in [0.3, 0.4) is 0 Å². The summed E-state index contributed by atoms with van der Waals surface area (Å²) in [5.41, 5.74) is 0.641. The number of rotatable bonds is 3. The third-order valence-corrected chi connectivity index (χ3v) is 2.89. The third-order valence-electron chi connectivity index (χ3n) is 2.89. The molecule has 1 atom stereocenters. The van der Waals surface area contributed by atoms with Gasteiger partial charge >= 0.3 is 12.0 Å². The van der Waals surface area contributed by atoms with Crippen LogP contribution >= 0.6 is 0 Å². The molecule has 114 valence electrons. The van der Waals surface area contributed by atoms with Gasteiger partial charge in [-0.1, -0.05) is 0 Å². The highest BCUT2D eigenvalue weighted by molar-refractivity contribution is 5.88. The summed E-state index contributed by atoms with van der Waals surface area (Å²) in [7, 11) is 1.47. The minimum atomic E-state index is -1.10. The lowest BCUT2D eigenvalue weighted by Crippen LogP contribution is -2.50. The van der Waals surface area contributed by atoms with Gasteiger partial charge in [0.2, 0.25) is 11.8 Å². The van der Waals surface area contributed by atoms with Crippen LogP contribution in [0.4, 0.5) is 10.7 Å². The number of morpholine rings is 1. The van der Waals surface area contributed by atoms with Gasteiger partial charge < -0.3 is 19.5 Å². The van der Waals surface area contributed by atoms with Crippen LogP contribution in [-0.2, 0) is 9.53 Å². The van der Waals surface area contributed by atoms with Crippen LogP contribution in [0.25, 0.3) is 0 Å². The van der Waals surface area contributed by atoms with E-state index in [9.17, 15) is 9.59 Å². The largest absolute Gasteiger partial charge is 0.481 e. The Hall–Kier alpha value is -2.42. The Morgan fingerprint density at radius 1 is 1.52 bits per heavy atom. The fraction of sp³-hybridized carbons (Fsp3) is 0.500. The Bertz CT molecular complexity index is 550. The summed E-state index contributed by atoms with van der Waals surface area (Å²) < 4.78 is 10.1. The fourth-order valence-corrected chi connectivity index (χ4v) is 1.86. The van der Waals surface area contributed by atoms with Gasteiger partial charge in [0, 0.05) is 18.3 Å². The number of aromatic nitrogens is 2. The minimum absolute atomic E-state index is 0.0237. The fourth-order valence-electron chi connectivity index (χ4n) is 1.86. The van der Waals surface area contributed by atoms with Crippen molar-refractivity contribution in [1.82, 2.24) is 14.9 Å². The molecule has 0 saturated carbocycles. The summed E-state index contributed by atoms with van der Waals surface area (Å²) in [5.74, 6) is -0.653. The van der Waals surface area contributed by atoms with Gasteiger partial charge in [0.15, 0.2) is 6.10 Å². The van der Waals surface area contributed by atoms with Crippen molar-refractivity contribution < 1.29 is 24.2 Å². The molecule has 1 aliphatic rings. The summed E-state index contributed by atoms with van der Waals surface area (Å²) in [5, 5.41) is 11.4. The maximum Gasteiger partial charge on any atom is 0.334 e. The summed E-state index contributed by atoms with van der Waals surface area (Å²) in [6.07, 6.45) is -1.02.